The number of alkyl halides is 3. The summed E-state index contributed by atoms with van der Waals surface area (Å²) in [6.45, 7) is 0.194. The SMILES string of the molecule is Fc1nc(NCc2ccc(C(F)(F)F)nc2)ccc1Br. The van der Waals surface area contributed by atoms with Crippen molar-refractivity contribution in [2.75, 3.05) is 5.32 Å². The number of anilines is 1. The highest BCUT2D eigenvalue weighted by Crippen LogP contribution is 2.27. The van der Waals surface area contributed by atoms with Crippen molar-refractivity contribution in [3.8, 4) is 0 Å². The average Bonchev–Trinajstić information content (AvgIpc) is 2.40. The van der Waals surface area contributed by atoms with Crippen molar-refractivity contribution in [2.45, 2.75) is 12.7 Å². The zero-order chi connectivity index (χ0) is 14.8. The molecule has 106 valence electrons. The first-order chi connectivity index (χ1) is 9.36. The van der Waals surface area contributed by atoms with Gasteiger partial charge in [0.2, 0.25) is 5.95 Å². The normalized spacial score (nSPS) is 11.4. The Bertz CT molecular complexity index is 599. The van der Waals surface area contributed by atoms with Crippen molar-refractivity contribution in [2.24, 2.45) is 0 Å². The van der Waals surface area contributed by atoms with Gasteiger partial charge in [0.25, 0.3) is 0 Å². The second-order valence-electron chi connectivity index (χ2n) is 3.87. The van der Waals surface area contributed by atoms with Crippen LogP contribution in [0.25, 0.3) is 0 Å². The van der Waals surface area contributed by atoms with Crippen LogP contribution in [0.15, 0.2) is 34.9 Å². The lowest BCUT2D eigenvalue weighted by molar-refractivity contribution is -0.141. The van der Waals surface area contributed by atoms with Crippen LogP contribution >= 0.6 is 15.9 Å². The maximum Gasteiger partial charge on any atom is 0.433 e. The van der Waals surface area contributed by atoms with Crippen molar-refractivity contribution < 1.29 is 17.6 Å². The molecule has 0 spiro atoms. The lowest BCUT2D eigenvalue weighted by atomic mass is 10.2. The fourth-order valence-corrected chi connectivity index (χ4v) is 1.63. The quantitative estimate of drug-likeness (QED) is 0.672. The first-order valence-electron chi connectivity index (χ1n) is 5.44. The van der Waals surface area contributed by atoms with Crippen LogP contribution < -0.4 is 5.32 Å². The van der Waals surface area contributed by atoms with Crippen LogP contribution in [0.3, 0.4) is 0 Å². The molecule has 2 rings (SSSR count). The molecule has 8 heteroatoms. The van der Waals surface area contributed by atoms with Gasteiger partial charge in [0.05, 0.1) is 4.47 Å². The van der Waals surface area contributed by atoms with Gasteiger partial charge in [-0.1, -0.05) is 6.07 Å². The van der Waals surface area contributed by atoms with E-state index in [-0.39, 0.29) is 16.8 Å². The van der Waals surface area contributed by atoms with Gasteiger partial charge in [-0.2, -0.15) is 17.6 Å². The molecule has 1 N–H and O–H groups in total. The third-order valence-corrected chi connectivity index (χ3v) is 2.98. The van der Waals surface area contributed by atoms with E-state index in [9.17, 15) is 17.6 Å². The monoisotopic (exact) mass is 349 g/mol. The Morgan fingerprint density at radius 2 is 1.90 bits per heavy atom. The number of rotatable bonds is 3. The van der Waals surface area contributed by atoms with Crippen LogP contribution in [0.4, 0.5) is 23.4 Å². The molecule has 0 bridgehead atoms. The molecule has 0 atom stereocenters. The number of nitrogens with one attached hydrogen (secondary N) is 1. The molecule has 0 saturated carbocycles. The summed E-state index contributed by atoms with van der Waals surface area (Å²) < 4.78 is 50.3. The standard InChI is InChI=1S/C12H8BrF4N3/c13-8-2-4-10(20-11(8)14)19-6-7-1-3-9(18-5-7)12(15,16)17/h1-5H,6H2,(H,19,20). The predicted octanol–water partition coefficient (Wildman–Crippen LogP) is 4.01. The van der Waals surface area contributed by atoms with Gasteiger partial charge in [0, 0.05) is 12.7 Å². The van der Waals surface area contributed by atoms with Gasteiger partial charge in [-0.25, -0.2) is 4.98 Å². The van der Waals surface area contributed by atoms with Crippen LogP contribution in [-0.2, 0) is 12.7 Å². The number of aromatic nitrogens is 2. The lowest BCUT2D eigenvalue weighted by Crippen LogP contribution is -2.09. The van der Waals surface area contributed by atoms with Crippen molar-refractivity contribution in [3.05, 3.63) is 52.1 Å². The number of nitrogens with zero attached hydrogens (tertiary/aromatic N) is 2. The third-order valence-electron chi connectivity index (χ3n) is 2.39. The van der Waals surface area contributed by atoms with E-state index in [1.165, 1.54) is 12.1 Å². The minimum atomic E-state index is -4.46. The molecule has 0 aliphatic carbocycles. The van der Waals surface area contributed by atoms with Gasteiger partial charge in [-0.3, -0.25) is 4.98 Å². The third kappa shape index (κ3) is 3.66. The van der Waals surface area contributed by atoms with Gasteiger partial charge < -0.3 is 5.32 Å². The minimum absolute atomic E-state index is 0.194. The zero-order valence-corrected chi connectivity index (χ0v) is 11.5. The van der Waals surface area contributed by atoms with Gasteiger partial charge >= 0.3 is 6.18 Å². The highest BCUT2D eigenvalue weighted by Gasteiger charge is 2.31. The van der Waals surface area contributed by atoms with E-state index < -0.39 is 17.8 Å². The molecule has 0 unspecified atom stereocenters. The molecule has 2 aromatic heterocycles. The molecule has 0 saturated heterocycles. The Hall–Kier alpha value is -1.70. The van der Waals surface area contributed by atoms with E-state index in [0.29, 0.717) is 5.56 Å². The van der Waals surface area contributed by atoms with Crippen LogP contribution in [0.5, 0.6) is 0 Å². The fourth-order valence-electron chi connectivity index (χ4n) is 1.41. The zero-order valence-electron chi connectivity index (χ0n) is 9.88. The van der Waals surface area contributed by atoms with Gasteiger partial charge in [0.15, 0.2) is 0 Å². The molecule has 0 aliphatic heterocycles. The molecular weight excluding hydrogens is 342 g/mol. The number of halogens is 5. The van der Waals surface area contributed by atoms with E-state index in [1.807, 2.05) is 0 Å². The predicted molar refractivity (Wildman–Crippen MR) is 68.5 cm³/mol. The van der Waals surface area contributed by atoms with Crippen LogP contribution in [0.2, 0.25) is 0 Å². The molecule has 0 amide bonds. The second kappa shape index (κ2) is 5.74. The first kappa shape index (κ1) is 14.7. The molecule has 0 fully saturated rings. The van der Waals surface area contributed by atoms with Crippen molar-refractivity contribution in [3.63, 3.8) is 0 Å². The Labute approximate surface area is 120 Å². The molecule has 2 aromatic rings. The highest BCUT2D eigenvalue weighted by molar-refractivity contribution is 9.10. The van der Waals surface area contributed by atoms with E-state index >= 15 is 0 Å². The average molecular weight is 350 g/mol. The maximum absolute atomic E-state index is 13.2. The Balaban J connectivity index is 2.02. The first-order valence-corrected chi connectivity index (χ1v) is 6.23. The lowest BCUT2D eigenvalue weighted by Gasteiger charge is -2.08. The van der Waals surface area contributed by atoms with E-state index in [4.69, 9.17) is 0 Å². The van der Waals surface area contributed by atoms with Crippen LogP contribution in [0.1, 0.15) is 11.3 Å². The number of hydrogen-bond donors (Lipinski definition) is 1. The van der Waals surface area contributed by atoms with Crippen LogP contribution in [0, 0.1) is 5.95 Å². The molecule has 2 heterocycles. The van der Waals surface area contributed by atoms with Crippen LogP contribution in [-0.4, -0.2) is 9.97 Å². The summed E-state index contributed by atoms with van der Waals surface area (Å²) in [6, 6.07) is 5.23. The topological polar surface area (TPSA) is 37.8 Å². The van der Waals surface area contributed by atoms with Crippen molar-refractivity contribution >= 4 is 21.7 Å². The number of hydrogen-bond acceptors (Lipinski definition) is 3. The Kier molecular flexibility index (Phi) is 4.22. The van der Waals surface area contributed by atoms with Gasteiger partial charge in [-0.15, -0.1) is 0 Å². The molecule has 20 heavy (non-hydrogen) atoms. The smallest absolute Gasteiger partial charge is 0.366 e. The van der Waals surface area contributed by atoms with Crippen molar-refractivity contribution in [1.82, 2.24) is 9.97 Å². The van der Waals surface area contributed by atoms with Gasteiger partial charge in [0.1, 0.15) is 11.5 Å². The molecular formula is C12H8BrF4N3. The van der Waals surface area contributed by atoms with E-state index in [2.05, 4.69) is 31.2 Å². The second-order valence-corrected chi connectivity index (χ2v) is 4.73. The summed E-state index contributed by atoms with van der Waals surface area (Å²) in [6.07, 6.45) is -3.34. The summed E-state index contributed by atoms with van der Waals surface area (Å²) in [7, 11) is 0. The number of pyridine rings is 2. The molecule has 0 aromatic carbocycles. The summed E-state index contributed by atoms with van der Waals surface area (Å²) >= 11 is 2.97. The molecule has 0 radical (unpaired) electrons. The summed E-state index contributed by atoms with van der Waals surface area (Å²) in [5, 5.41) is 2.79. The Morgan fingerprint density at radius 1 is 1.15 bits per heavy atom. The van der Waals surface area contributed by atoms with Crippen molar-refractivity contribution in [1.29, 1.82) is 0 Å². The van der Waals surface area contributed by atoms with Gasteiger partial charge in [-0.05, 0) is 39.7 Å². The summed E-state index contributed by atoms with van der Waals surface area (Å²) in [5.41, 5.74) is -0.419. The largest absolute Gasteiger partial charge is 0.433 e. The maximum atomic E-state index is 13.2. The Morgan fingerprint density at radius 3 is 2.45 bits per heavy atom. The van der Waals surface area contributed by atoms with E-state index in [0.717, 1.165) is 12.3 Å². The fraction of sp³-hybridized carbons (Fsp3) is 0.167. The summed E-state index contributed by atoms with van der Waals surface area (Å²) in [4.78, 5) is 6.95. The molecule has 3 nitrogen and oxygen atoms in total. The van der Waals surface area contributed by atoms with E-state index in [1.54, 1.807) is 6.07 Å². The highest BCUT2D eigenvalue weighted by atomic mass is 79.9. The minimum Gasteiger partial charge on any atom is -0.366 e. The summed E-state index contributed by atoms with van der Waals surface area (Å²) in [5.74, 6) is -0.383. The molecule has 0 aliphatic rings.